The van der Waals surface area contributed by atoms with Crippen molar-refractivity contribution in [3.05, 3.63) is 30.1 Å². The van der Waals surface area contributed by atoms with E-state index < -0.39 is 11.9 Å². The highest BCUT2D eigenvalue weighted by Gasteiger charge is 2.06. The number of halogens is 1. The number of amides is 1. The van der Waals surface area contributed by atoms with Crippen LogP contribution in [0.1, 0.15) is 13.3 Å². The number of carbonyl (C=O) groups excluding carboxylic acids is 1. The summed E-state index contributed by atoms with van der Waals surface area (Å²) >= 11 is 0. The molecule has 0 aliphatic heterocycles. The summed E-state index contributed by atoms with van der Waals surface area (Å²) in [4.78, 5) is 11.3. The molecular formula is C12H16FNO3. The number of ether oxygens (including phenoxy) is 1. The molecule has 0 spiro atoms. The summed E-state index contributed by atoms with van der Waals surface area (Å²) in [7, 11) is 0. The minimum atomic E-state index is -0.548. The van der Waals surface area contributed by atoms with Gasteiger partial charge >= 0.3 is 0 Å². The molecule has 0 radical (unpaired) electrons. The van der Waals surface area contributed by atoms with Crippen LogP contribution in [-0.2, 0) is 4.79 Å². The van der Waals surface area contributed by atoms with E-state index in [0.29, 0.717) is 12.2 Å². The lowest BCUT2D eigenvalue weighted by Gasteiger charge is -2.10. The SMILES string of the molecule is CCC(O)CNC(=O)COc1cccc(F)c1. The lowest BCUT2D eigenvalue weighted by Crippen LogP contribution is -2.35. The van der Waals surface area contributed by atoms with Gasteiger partial charge in [0.05, 0.1) is 6.10 Å². The summed E-state index contributed by atoms with van der Waals surface area (Å²) in [6, 6.07) is 5.57. The van der Waals surface area contributed by atoms with Gasteiger partial charge in [0.1, 0.15) is 11.6 Å². The van der Waals surface area contributed by atoms with E-state index in [1.165, 1.54) is 18.2 Å². The molecule has 1 unspecified atom stereocenters. The summed E-state index contributed by atoms with van der Waals surface area (Å²) in [5.74, 6) is -0.456. The van der Waals surface area contributed by atoms with Gasteiger partial charge in [-0.15, -0.1) is 0 Å². The molecule has 0 saturated heterocycles. The first-order chi connectivity index (χ1) is 8.11. The first-order valence-corrected chi connectivity index (χ1v) is 5.45. The highest BCUT2D eigenvalue weighted by molar-refractivity contribution is 5.77. The van der Waals surface area contributed by atoms with Crippen LogP contribution < -0.4 is 10.1 Å². The molecule has 1 rings (SSSR count). The molecule has 0 bridgehead atoms. The summed E-state index contributed by atoms with van der Waals surface area (Å²) in [6.45, 7) is 1.82. The average Bonchev–Trinajstić information content (AvgIpc) is 2.33. The Morgan fingerprint density at radius 1 is 1.59 bits per heavy atom. The number of carbonyl (C=O) groups is 1. The molecule has 1 aromatic rings. The predicted octanol–water partition coefficient (Wildman–Crippen LogP) is 1.09. The fourth-order valence-electron chi connectivity index (χ4n) is 1.13. The summed E-state index contributed by atoms with van der Waals surface area (Å²) in [5, 5.41) is 11.7. The molecule has 0 aliphatic rings. The summed E-state index contributed by atoms with van der Waals surface area (Å²) in [5.41, 5.74) is 0. The number of benzene rings is 1. The Balaban J connectivity index is 2.28. The van der Waals surface area contributed by atoms with Gasteiger partial charge in [-0.1, -0.05) is 13.0 Å². The van der Waals surface area contributed by atoms with Gasteiger partial charge in [0.25, 0.3) is 5.91 Å². The largest absolute Gasteiger partial charge is 0.484 e. The van der Waals surface area contributed by atoms with E-state index in [4.69, 9.17) is 4.74 Å². The quantitative estimate of drug-likeness (QED) is 0.784. The van der Waals surface area contributed by atoms with Crippen molar-refractivity contribution in [2.24, 2.45) is 0 Å². The van der Waals surface area contributed by atoms with Crippen LogP contribution in [0.15, 0.2) is 24.3 Å². The van der Waals surface area contributed by atoms with Crippen molar-refractivity contribution in [1.29, 1.82) is 0 Å². The van der Waals surface area contributed by atoms with Crippen LogP contribution in [0, 0.1) is 5.82 Å². The van der Waals surface area contributed by atoms with E-state index in [1.807, 2.05) is 6.92 Å². The van der Waals surface area contributed by atoms with E-state index in [9.17, 15) is 14.3 Å². The van der Waals surface area contributed by atoms with Gasteiger partial charge in [0.2, 0.25) is 0 Å². The summed E-state index contributed by atoms with van der Waals surface area (Å²) in [6.07, 6.45) is 0.0264. The van der Waals surface area contributed by atoms with Crippen LogP contribution in [-0.4, -0.2) is 30.3 Å². The lowest BCUT2D eigenvalue weighted by molar-refractivity contribution is -0.123. The molecule has 2 N–H and O–H groups in total. The molecule has 5 heteroatoms. The molecule has 1 aromatic carbocycles. The molecular weight excluding hydrogens is 225 g/mol. The van der Waals surface area contributed by atoms with Crippen molar-refractivity contribution >= 4 is 5.91 Å². The zero-order valence-electron chi connectivity index (χ0n) is 9.65. The Bertz CT molecular complexity index is 371. The number of hydrogen-bond donors (Lipinski definition) is 2. The van der Waals surface area contributed by atoms with Crippen molar-refractivity contribution in [3.8, 4) is 5.75 Å². The van der Waals surface area contributed by atoms with Crippen LogP contribution in [0.4, 0.5) is 4.39 Å². The smallest absolute Gasteiger partial charge is 0.258 e. The Morgan fingerprint density at radius 3 is 3.00 bits per heavy atom. The maximum Gasteiger partial charge on any atom is 0.258 e. The molecule has 0 fully saturated rings. The van der Waals surface area contributed by atoms with Gasteiger partial charge in [-0.25, -0.2) is 4.39 Å². The van der Waals surface area contributed by atoms with Gasteiger partial charge in [0.15, 0.2) is 6.61 Å². The number of aliphatic hydroxyl groups is 1. The zero-order chi connectivity index (χ0) is 12.7. The highest BCUT2D eigenvalue weighted by atomic mass is 19.1. The maximum absolute atomic E-state index is 12.8. The highest BCUT2D eigenvalue weighted by Crippen LogP contribution is 2.11. The Labute approximate surface area is 99.4 Å². The van der Waals surface area contributed by atoms with Crippen LogP contribution in [0.3, 0.4) is 0 Å². The van der Waals surface area contributed by atoms with Crippen LogP contribution >= 0.6 is 0 Å². The normalized spacial score (nSPS) is 11.9. The predicted molar refractivity (Wildman–Crippen MR) is 61.2 cm³/mol. The summed E-state index contributed by atoms with van der Waals surface area (Å²) < 4.78 is 17.9. The number of aliphatic hydroxyl groups excluding tert-OH is 1. The second-order valence-electron chi connectivity index (χ2n) is 3.61. The minimum absolute atomic E-state index is 0.195. The molecule has 0 aromatic heterocycles. The molecule has 94 valence electrons. The second-order valence-corrected chi connectivity index (χ2v) is 3.61. The molecule has 0 saturated carbocycles. The van der Waals surface area contributed by atoms with Gasteiger partial charge in [-0.2, -0.15) is 0 Å². The minimum Gasteiger partial charge on any atom is -0.484 e. The Morgan fingerprint density at radius 2 is 2.35 bits per heavy atom. The zero-order valence-corrected chi connectivity index (χ0v) is 9.65. The average molecular weight is 241 g/mol. The van der Waals surface area contributed by atoms with Crippen molar-refractivity contribution in [2.75, 3.05) is 13.2 Å². The first-order valence-electron chi connectivity index (χ1n) is 5.45. The van der Waals surface area contributed by atoms with Crippen molar-refractivity contribution < 1.29 is 19.0 Å². The van der Waals surface area contributed by atoms with E-state index in [2.05, 4.69) is 5.32 Å². The number of nitrogens with one attached hydrogen (secondary N) is 1. The molecule has 0 heterocycles. The van der Waals surface area contributed by atoms with E-state index in [0.717, 1.165) is 0 Å². The van der Waals surface area contributed by atoms with Gasteiger partial charge in [-0.05, 0) is 18.6 Å². The van der Waals surface area contributed by atoms with Crippen molar-refractivity contribution in [2.45, 2.75) is 19.4 Å². The Kier molecular flexibility index (Phi) is 5.42. The maximum atomic E-state index is 12.8. The third-order valence-corrected chi connectivity index (χ3v) is 2.17. The van der Waals surface area contributed by atoms with Gasteiger partial charge in [-0.3, -0.25) is 4.79 Å². The second kappa shape index (κ2) is 6.85. The fraction of sp³-hybridized carbons (Fsp3) is 0.417. The number of hydrogen-bond acceptors (Lipinski definition) is 3. The topological polar surface area (TPSA) is 58.6 Å². The van der Waals surface area contributed by atoms with Crippen LogP contribution in [0.25, 0.3) is 0 Å². The fourth-order valence-corrected chi connectivity index (χ4v) is 1.13. The molecule has 0 aliphatic carbocycles. The standard InChI is InChI=1S/C12H16FNO3/c1-2-10(15)7-14-12(16)8-17-11-5-3-4-9(13)6-11/h3-6,10,15H,2,7-8H2,1H3,(H,14,16). The third kappa shape index (κ3) is 5.31. The lowest BCUT2D eigenvalue weighted by atomic mass is 10.3. The van der Waals surface area contributed by atoms with Crippen LogP contribution in [0.5, 0.6) is 5.75 Å². The Hall–Kier alpha value is -1.62. The van der Waals surface area contributed by atoms with Crippen molar-refractivity contribution in [3.63, 3.8) is 0 Å². The number of rotatable bonds is 6. The molecule has 1 amide bonds. The molecule has 1 atom stereocenters. The van der Waals surface area contributed by atoms with E-state index in [1.54, 1.807) is 6.07 Å². The van der Waals surface area contributed by atoms with E-state index >= 15 is 0 Å². The van der Waals surface area contributed by atoms with Crippen LogP contribution in [0.2, 0.25) is 0 Å². The monoisotopic (exact) mass is 241 g/mol. The van der Waals surface area contributed by atoms with E-state index in [-0.39, 0.29) is 19.1 Å². The molecule has 17 heavy (non-hydrogen) atoms. The van der Waals surface area contributed by atoms with Crippen molar-refractivity contribution in [1.82, 2.24) is 5.32 Å². The van der Waals surface area contributed by atoms with Gasteiger partial charge < -0.3 is 15.2 Å². The van der Waals surface area contributed by atoms with Gasteiger partial charge in [0, 0.05) is 12.6 Å². The molecule has 4 nitrogen and oxygen atoms in total. The first kappa shape index (κ1) is 13.4. The third-order valence-electron chi connectivity index (χ3n) is 2.17.